The Morgan fingerprint density at radius 3 is 2.03 bits per heavy atom. The average molecular weight is 521 g/mol. The third-order valence-electron chi connectivity index (χ3n) is 3.74. The Morgan fingerprint density at radius 2 is 1.58 bits per heavy atom. The van der Waals surface area contributed by atoms with Crippen LogP contribution in [0.3, 0.4) is 0 Å². The van der Waals surface area contributed by atoms with Crippen molar-refractivity contribution in [1.29, 1.82) is 0 Å². The summed E-state index contributed by atoms with van der Waals surface area (Å²) in [6.07, 6.45) is 1.61. The van der Waals surface area contributed by atoms with Crippen LogP contribution in [0.2, 0.25) is 15.9 Å². The predicted molar refractivity (Wildman–Crippen MR) is 124 cm³/mol. The van der Waals surface area contributed by atoms with Gasteiger partial charge in [0.1, 0.15) is 0 Å². The largest absolute Gasteiger partial charge is 0.478 e. The molecule has 3 aromatic rings. The molecule has 2 heterocycles. The molecule has 0 saturated heterocycles. The SMILES string of the molecule is CCC(Cc1ccc(C(=O)O)cc1)Nc1nc(=S)[nH]c(=S)[nH]1.Clc1nc(Cl)nc(Cl)n1. The van der Waals surface area contributed by atoms with E-state index < -0.39 is 5.97 Å². The van der Waals surface area contributed by atoms with Crippen molar-refractivity contribution in [3.8, 4) is 0 Å². The number of benzene rings is 1. The molecule has 164 valence electrons. The molecule has 0 saturated carbocycles. The summed E-state index contributed by atoms with van der Waals surface area (Å²) in [5.41, 5.74) is 1.33. The van der Waals surface area contributed by atoms with Gasteiger partial charge in [0.15, 0.2) is 4.77 Å². The van der Waals surface area contributed by atoms with Crippen LogP contribution in [-0.2, 0) is 6.42 Å². The van der Waals surface area contributed by atoms with Crippen molar-refractivity contribution in [2.45, 2.75) is 25.8 Å². The highest BCUT2D eigenvalue weighted by molar-refractivity contribution is 7.71. The van der Waals surface area contributed by atoms with Crippen LogP contribution >= 0.6 is 59.2 Å². The fourth-order valence-corrected chi connectivity index (χ4v) is 3.39. The van der Waals surface area contributed by atoms with E-state index in [1.54, 1.807) is 12.1 Å². The number of rotatable bonds is 6. The highest BCUT2D eigenvalue weighted by Crippen LogP contribution is 2.12. The average Bonchev–Trinajstić information content (AvgIpc) is 2.66. The summed E-state index contributed by atoms with van der Waals surface area (Å²) >= 11 is 26.0. The van der Waals surface area contributed by atoms with Crippen molar-refractivity contribution in [3.63, 3.8) is 0 Å². The van der Waals surface area contributed by atoms with Crippen LogP contribution in [-0.4, -0.2) is 47.0 Å². The number of aromatic carboxylic acids is 1. The first-order valence-corrected chi connectivity index (χ1v) is 10.6. The van der Waals surface area contributed by atoms with Crippen molar-refractivity contribution in [2.24, 2.45) is 0 Å². The van der Waals surface area contributed by atoms with Gasteiger partial charge < -0.3 is 20.4 Å². The van der Waals surface area contributed by atoms with Crippen LogP contribution in [0.5, 0.6) is 0 Å². The van der Waals surface area contributed by atoms with Crippen LogP contribution < -0.4 is 5.32 Å². The normalized spacial score (nSPS) is 11.2. The Bertz CT molecular complexity index is 1080. The molecule has 0 fully saturated rings. The predicted octanol–water partition coefficient (Wildman–Crippen LogP) is 5.16. The highest BCUT2D eigenvalue weighted by atomic mass is 35.5. The summed E-state index contributed by atoms with van der Waals surface area (Å²) in [5.74, 6) is -0.394. The van der Waals surface area contributed by atoms with E-state index >= 15 is 0 Å². The molecular weight excluding hydrogens is 505 g/mol. The third kappa shape index (κ3) is 8.83. The van der Waals surface area contributed by atoms with Gasteiger partial charge in [-0.25, -0.2) is 4.79 Å². The minimum absolute atomic E-state index is 0.000000000000000444. The lowest BCUT2D eigenvalue weighted by Crippen LogP contribution is -2.23. The number of H-pyrrole nitrogens is 2. The summed E-state index contributed by atoms with van der Waals surface area (Å²) in [7, 11) is 0. The van der Waals surface area contributed by atoms with E-state index in [4.69, 9.17) is 64.3 Å². The molecule has 0 bridgehead atoms. The number of nitrogens with one attached hydrogen (secondary N) is 3. The van der Waals surface area contributed by atoms with Gasteiger partial charge in [-0.1, -0.05) is 19.1 Å². The van der Waals surface area contributed by atoms with Gasteiger partial charge in [0.2, 0.25) is 26.6 Å². The van der Waals surface area contributed by atoms with Crippen molar-refractivity contribution in [1.82, 2.24) is 29.9 Å². The monoisotopic (exact) mass is 519 g/mol. The molecule has 1 unspecified atom stereocenters. The number of aromatic amines is 2. The Balaban J connectivity index is 0.000000316. The van der Waals surface area contributed by atoms with Gasteiger partial charge in [0.25, 0.3) is 0 Å². The lowest BCUT2D eigenvalue weighted by molar-refractivity contribution is 0.0697. The minimum atomic E-state index is -0.924. The zero-order chi connectivity index (χ0) is 23.0. The fraction of sp³-hybridized carbons (Fsp3) is 0.235. The van der Waals surface area contributed by atoms with Gasteiger partial charge >= 0.3 is 5.97 Å². The summed E-state index contributed by atoms with van der Waals surface area (Å²) in [4.78, 5) is 31.0. The maximum absolute atomic E-state index is 10.8. The van der Waals surface area contributed by atoms with Crippen molar-refractivity contribution < 1.29 is 9.90 Å². The van der Waals surface area contributed by atoms with E-state index in [0.717, 1.165) is 18.4 Å². The molecule has 0 radical (unpaired) electrons. The van der Waals surface area contributed by atoms with Gasteiger partial charge in [0.05, 0.1) is 5.56 Å². The molecule has 1 aromatic carbocycles. The van der Waals surface area contributed by atoms with Gasteiger partial charge in [-0.05, 0) is 89.8 Å². The smallest absolute Gasteiger partial charge is 0.335 e. The Hall–Kier alpha value is -2.18. The van der Waals surface area contributed by atoms with Gasteiger partial charge in [0, 0.05) is 6.04 Å². The zero-order valence-corrected chi connectivity index (χ0v) is 19.8. The standard InChI is InChI=1S/C14H16N4O2S2.C3Cl3N3/c1-2-10(15-12-16-13(21)18-14(22)17-12)7-8-3-5-9(6-4-8)11(19)20;4-1-7-2(5)9-3(6)8-1/h3-6,10H,2,7H2,1H3,(H,19,20)(H3,15,16,17,18,21,22);. The number of carbonyl (C=O) groups is 1. The van der Waals surface area contributed by atoms with Crippen molar-refractivity contribution in [2.75, 3.05) is 5.32 Å². The maximum atomic E-state index is 10.8. The molecule has 0 spiro atoms. The highest BCUT2D eigenvalue weighted by Gasteiger charge is 2.10. The third-order valence-corrected chi connectivity index (χ3v) is 4.64. The summed E-state index contributed by atoms with van der Waals surface area (Å²) in [6, 6.07) is 6.98. The molecule has 3 rings (SSSR count). The molecule has 1 atom stereocenters. The molecule has 0 aliphatic rings. The molecule has 2 aromatic heterocycles. The van der Waals surface area contributed by atoms with E-state index in [2.05, 4.69) is 42.1 Å². The number of carboxylic acids is 1. The number of hydrogen-bond acceptors (Lipinski definition) is 8. The molecule has 0 amide bonds. The van der Waals surface area contributed by atoms with E-state index in [9.17, 15) is 4.79 Å². The quantitative estimate of drug-likeness (QED) is 0.325. The summed E-state index contributed by atoms with van der Waals surface area (Å²) < 4.78 is 0.745. The van der Waals surface area contributed by atoms with Crippen LogP contribution in [0.4, 0.5) is 5.95 Å². The van der Waals surface area contributed by atoms with Crippen LogP contribution in [0.25, 0.3) is 0 Å². The second-order valence-electron chi connectivity index (χ2n) is 5.94. The lowest BCUT2D eigenvalue weighted by atomic mass is 10.0. The first kappa shape index (κ1) is 25.1. The number of halogens is 3. The van der Waals surface area contributed by atoms with Crippen molar-refractivity contribution in [3.05, 3.63) is 60.8 Å². The summed E-state index contributed by atoms with van der Waals surface area (Å²) in [5, 5.41) is 12.2. The maximum Gasteiger partial charge on any atom is 0.335 e. The van der Waals surface area contributed by atoms with Gasteiger partial charge in [-0.2, -0.15) is 19.9 Å². The number of carboxylic acid groups (broad SMARTS) is 1. The molecule has 9 nitrogen and oxygen atoms in total. The van der Waals surface area contributed by atoms with Crippen LogP contribution in [0, 0.1) is 9.54 Å². The summed E-state index contributed by atoms with van der Waals surface area (Å²) in [6.45, 7) is 2.06. The number of aromatic nitrogens is 6. The first-order chi connectivity index (χ1) is 14.7. The number of hydrogen-bond donors (Lipinski definition) is 4. The Labute approximate surface area is 202 Å². The Morgan fingerprint density at radius 1 is 1.03 bits per heavy atom. The molecule has 0 aliphatic heterocycles. The minimum Gasteiger partial charge on any atom is -0.478 e. The van der Waals surface area contributed by atoms with Crippen LogP contribution in [0.15, 0.2) is 24.3 Å². The fourth-order valence-electron chi connectivity index (χ4n) is 2.32. The van der Waals surface area contributed by atoms with E-state index in [1.807, 2.05) is 12.1 Å². The van der Waals surface area contributed by atoms with Gasteiger partial charge in [-0.3, -0.25) is 0 Å². The topological polar surface area (TPSA) is 132 Å². The van der Waals surface area contributed by atoms with Crippen LogP contribution in [0.1, 0.15) is 29.3 Å². The second kappa shape index (κ2) is 12.0. The number of anilines is 1. The molecule has 31 heavy (non-hydrogen) atoms. The second-order valence-corrected chi connectivity index (χ2v) is 7.75. The molecule has 4 N–H and O–H groups in total. The van der Waals surface area contributed by atoms with E-state index in [0.29, 0.717) is 15.5 Å². The first-order valence-electron chi connectivity index (χ1n) is 8.68. The molecule has 14 heteroatoms. The van der Waals surface area contributed by atoms with Crippen molar-refractivity contribution >= 4 is 71.2 Å². The van der Waals surface area contributed by atoms with E-state index in [1.165, 1.54) is 0 Å². The molecular formula is C17H16Cl3N7O2S2. The lowest BCUT2D eigenvalue weighted by Gasteiger charge is -2.17. The Kier molecular flexibility index (Phi) is 9.72. The zero-order valence-electron chi connectivity index (χ0n) is 15.9. The van der Waals surface area contributed by atoms with Gasteiger partial charge in [-0.15, -0.1) is 0 Å². The number of nitrogens with zero attached hydrogens (tertiary/aromatic N) is 4. The van der Waals surface area contributed by atoms with E-state index in [-0.39, 0.29) is 27.5 Å². The molecule has 0 aliphatic carbocycles.